The Kier molecular flexibility index (Phi) is 3.48. The summed E-state index contributed by atoms with van der Waals surface area (Å²) in [7, 11) is 0. The molecule has 0 radical (unpaired) electrons. The molecule has 0 unspecified atom stereocenters. The molecule has 14 heavy (non-hydrogen) atoms. The highest BCUT2D eigenvalue weighted by Crippen LogP contribution is 2.22. The minimum atomic E-state index is -0.360. The number of nitrogens with zero attached hydrogens (tertiary/aromatic N) is 1. The van der Waals surface area contributed by atoms with Crippen LogP contribution in [0.15, 0.2) is 22.7 Å². The molecule has 0 aliphatic heterocycles. The molecule has 4 nitrogen and oxygen atoms in total. The molecule has 0 aliphatic carbocycles. The summed E-state index contributed by atoms with van der Waals surface area (Å²) in [5.74, 6) is -0.360. The number of benzene rings is 1. The van der Waals surface area contributed by atoms with Crippen LogP contribution in [-0.4, -0.2) is 5.91 Å². The summed E-state index contributed by atoms with van der Waals surface area (Å²) in [6.45, 7) is 0. The summed E-state index contributed by atoms with van der Waals surface area (Å²) >= 11 is 3.25. The fourth-order valence-electron chi connectivity index (χ4n) is 0.914. The molecule has 1 aromatic rings. The minimum Gasteiger partial charge on any atom is -0.397 e. The van der Waals surface area contributed by atoms with Crippen molar-refractivity contribution in [2.75, 3.05) is 11.1 Å². The van der Waals surface area contributed by atoms with Crippen LogP contribution in [0.5, 0.6) is 0 Å². The maximum Gasteiger partial charge on any atom is 0.238 e. The molecule has 1 rings (SSSR count). The molecule has 0 aliphatic rings. The molecule has 0 heterocycles. The van der Waals surface area contributed by atoms with Crippen molar-refractivity contribution in [1.29, 1.82) is 5.26 Å². The maximum absolute atomic E-state index is 11.0. The van der Waals surface area contributed by atoms with Gasteiger partial charge in [-0.3, -0.25) is 4.79 Å². The second-order valence-electron chi connectivity index (χ2n) is 2.61. The molecule has 0 saturated heterocycles. The quantitative estimate of drug-likeness (QED) is 0.791. The summed E-state index contributed by atoms with van der Waals surface area (Å²) < 4.78 is 0.841. The van der Waals surface area contributed by atoms with E-state index in [4.69, 9.17) is 11.0 Å². The number of carbonyl (C=O) groups is 1. The first kappa shape index (κ1) is 10.5. The van der Waals surface area contributed by atoms with E-state index in [1.54, 1.807) is 24.3 Å². The van der Waals surface area contributed by atoms with Gasteiger partial charge in [-0.2, -0.15) is 5.26 Å². The zero-order valence-electron chi connectivity index (χ0n) is 7.25. The van der Waals surface area contributed by atoms with E-state index in [1.165, 1.54) is 0 Å². The number of nitrogen functional groups attached to an aromatic ring is 1. The molecule has 0 aromatic heterocycles. The number of anilines is 2. The Bertz CT molecular complexity index is 398. The second-order valence-corrected chi connectivity index (χ2v) is 3.53. The Morgan fingerprint density at radius 2 is 2.36 bits per heavy atom. The first-order valence-electron chi connectivity index (χ1n) is 3.85. The number of nitriles is 1. The average Bonchev–Trinajstić information content (AvgIpc) is 2.10. The summed E-state index contributed by atoms with van der Waals surface area (Å²) in [4.78, 5) is 11.0. The Balaban J connectivity index is 2.78. The van der Waals surface area contributed by atoms with Crippen LogP contribution in [0.25, 0.3) is 0 Å². The van der Waals surface area contributed by atoms with Gasteiger partial charge in [-0.05, 0) is 18.2 Å². The van der Waals surface area contributed by atoms with Gasteiger partial charge in [0, 0.05) is 4.47 Å². The molecule has 0 bridgehead atoms. The van der Waals surface area contributed by atoms with E-state index in [2.05, 4.69) is 21.2 Å². The fourth-order valence-corrected chi connectivity index (χ4v) is 1.29. The molecule has 0 spiro atoms. The standard InChI is InChI=1S/C9H8BrN3O/c10-6-1-2-8(7(12)5-6)13-9(14)3-4-11/h1-2,5H,3,12H2,(H,13,14). The largest absolute Gasteiger partial charge is 0.397 e. The monoisotopic (exact) mass is 253 g/mol. The van der Waals surface area contributed by atoms with E-state index in [0.29, 0.717) is 11.4 Å². The fraction of sp³-hybridized carbons (Fsp3) is 0.111. The van der Waals surface area contributed by atoms with Crippen molar-refractivity contribution < 1.29 is 4.79 Å². The normalized spacial score (nSPS) is 9.14. The van der Waals surface area contributed by atoms with Crippen molar-refractivity contribution in [2.45, 2.75) is 6.42 Å². The number of nitrogens with one attached hydrogen (secondary N) is 1. The molecule has 1 amide bonds. The summed E-state index contributed by atoms with van der Waals surface area (Å²) in [6.07, 6.45) is -0.171. The lowest BCUT2D eigenvalue weighted by Gasteiger charge is -2.06. The van der Waals surface area contributed by atoms with Gasteiger partial charge < -0.3 is 11.1 Å². The number of carbonyl (C=O) groups excluding carboxylic acids is 1. The SMILES string of the molecule is N#CCC(=O)Nc1ccc(Br)cc1N. The van der Waals surface area contributed by atoms with E-state index in [0.717, 1.165) is 4.47 Å². The first-order valence-corrected chi connectivity index (χ1v) is 4.64. The van der Waals surface area contributed by atoms with Crippen molar-refractivity contribution in [2.24, 2.45) is 0 Å². The van der Waals surface area contributed by atoms with Crippen LogP contribution in [0.1, 0.15) is 6.42 Å². The highest BCUT2D eigenvalue weighted by atomic mass is 79.9. The summed E-state index contributed by atoms with van der Waals surface area (Å²) in [5, 5.41) is 10.8. The van der Waals surface area contributed by atoms with Crippen LogP contribution in [0.2, 0.25) is 0 Å². The van der Waals surface area contributed by atoms with Crippen molar-refractivity contribution in [1.82, 2.24) is 0 Å². The maximum atomic E-state index is 11.0. The van der Waals surface area contributed by atoms with Crippen LogP contribution in [0.3, 0.4) is 0 Å². The highest BCUT2D eigenvalue weighted by molar-refractivity contribution is 9.10. The van der Waals surface area contributed by atoms with Gasteiger partial charge in [-0.25, -0.2) is 0 Å². The lowest BCUT2D eigenvalue weighted by molar-refractivity contribution is -0.115. The van der Waals surface area contributed by atoms with Crippen LogP contribution >= 0.6 is 15.9 Å². The van der Waals surface area contributed by atoms with Gasteiger partial charge in [0.05, 0.1) is 17.4 Å². The highest BCUT2D eigenvalue weighted by Gasteiger charge is 2.04. The lowest BCUT2D eigenvalue weighted by atomic mass is 10.2. The summed E-state index contributed by atoms with van der Waals surface area (Å²) in [6, 6.07) is 6.88. The molecule has 1 aromatic carbocycles. The van der Waals surface area contributed by atoms with E-state index in [-0.39, 0.29) is 12.3 Å². The Morgan fingerprint density at radius 1 is 1.64 bits per heavy atom. The van der Waals surface area contributed by atoms with Gasteiger partial charge in [0.15, 0.2) is 0 Å². The number of nitrogens with two attached hydrogens (primary N) is 1. The average molecular weight is 254 g/mol. The Morgan fingerprint density at radius 3 is 2.93 bits per heavy atom. The molecular weight excluding hydrogens is 246 g/mol. The number of rotatable bonds is 2. The number of hydrogen-bond donors (Lipinski definition) is 2. The van der Waals surface area contributed by atoms with E-state index in [9.17, 15) is 4.79 Å². The lowest BCUT2D eigenvalue weighted by Crippen LogP contribution is -2.11. The molecule has 0 saturated carbocycles. The van der Waals surface area contributed by atoms with Crippen molar-refractivity contribution >= 4 is 33.2 Å². The molecule has 5 heteroatoms. The van der Waals surface area contributed by atoms with Crippen molar-refractivity contribution in [3.8, 4) is 6.07 Å². The predicted octanol–water partition coefficient (Wildman–Crippen LogP) is 1.88. The third-order valence-corrected chi connectivity index (χ3v) is 2.02. The van der Waals surface area contributed by atoms with Gasteiger partial charge in [0.25, 0.3) is 0 Å². The number of amides is 1. The van der Waals surface area contributed by atoms with Crippen LogP contribution in [0.4, 0.5) is 11.4 Å². The van der Waals surface area contributed by atoms with Gasteiger partial charge >= 0.3 is 0 Å². The van der Waals surface area contributed by atoms with Crippen molar-refractivity contribution in [3.05, 3.63) is 22.7 Å². The zero-order chi connectivity index (χ0) is 10.6. The Hall–Kier alpha value is -1.54. The topological polar surface area (TPSA) is 78.9 Å². The minimum absolute atomic E-state index is 0.171. The van der Waals surface area contributed by atoms with Crippen LogP contribution in [0, 0.1) is 11.3 Å². The smallest absolute Gasteiger partial charge is 0.238 e. The molecule has 72 valence electrons. The summed E-state index contributed by atoms with van der Waals surface area (Å²) in [5.41, 5.74) is 6.62. The molecule has 0 atom stereocenters. The van der Waals surface area contributed by atoms with Crippen molar-refractivity contribution in [3.63, 3.8) is 0 Å². The van der Waals surface area contributed by atoms with E-state index in [1.807, 2.05) is 0 Å². The van der Waals surface area contributed by atoms with Gasteiger partial charge in [-0.15, -0.1) is 0 Å². The third kappa shape index (κ3) is 2.75. The van der Waals surface area contributed by atoms with E-state index < -0.39 is 0 Å². The number of halogens is 1. The second kappa shape index (κ2) is 4.63. The van der Waals surface area contributed by atoms with Crippen LogP contribution < -0.4 is 11.1 Å². The Labute approximate surface area is 89.8 Å². The first-order chi connectivity index (χ1) is 6.63. The number of hydrogen-bond acceptors (Lipinski definition) is 3. The van der Waals surface area contributed by atoms with Gasteiger partial charge in [-0.1, -0.05) is 15.9 Å². The zero-order valence-corrected chi connectivity index (χ0v) is 8.84. The molecular formula is C9H8BrN3O. The molecule has 0 fully saturated rings. The third-order valence-electron chi connectivity index (χ3n) is 1.53. The van der Waals surface area contributed by atoms with Crippen LogP contribution in [-0.2, 0) is 4.79 Å². The van der Waals surface area contributed by atoms with Gasteiger partial charge in [0.1, 0.15) is 6.42 Å². The van der Waals surface area contributed by atoms with Gasteiger partial charge in [0.2, 0.25) is 5.91 Å². The molecule has 3 N–H and O–H groups in total. The predicted molar refractivity (Wildman–Crippen MR) is 57.4 cm³/mol. The van der Waals surface area contributed by atoms with E-state index >= 15 is 0 Å².